The molecule has 2 aliphatic rings. The number of carbonyl (C=O) groups excluding carboxylic acids is 1. The molecule has 0 saturated carbocycles. The first kappa shape index (κ1) is 20.6. The molecule has 2 aliphatic heterocycles. The lowest BCUT2D eigenvalue weighted by Gasteiger charge is -2.28. The van der Waals surface area contributed by atoms with Crippen LogP contribution >= 0.6 is 11.8 Å². The fourth-order valence-electron chi connectivity index (χ4n) is 3.66. The number of anilines is 1. The molecule has 0 spiro atoms. The highest BCUT2D eigenvalue weighted by Crippen LogP contribution is 2.35. The number of amidine groups is 1. The van der Waals surface area contributed by atoms with Gasteiger partial charge >= 0.3 is 0 Å². The molecular formula is C25H23N3O3S. The van der Waals surface area contributed by atoms with E-state index < -0.39 is 0 Å². The Hall–Kier alpha value is -3.29. The summed E-state index contributed by atoms with van der Waals surface area (Å²) in [4.78, 5) is 22.6. The van der Waals surface area contributed by atoms with Crippen LogP contribution in [0.25, 0.3) is 6.08 Å². The summed E-state index contributed by atoms with van der Waals surface area (Å²) in [5.74, 6) is 0.647. The first-order chi connectivity index (χ1) is 15.8. The van der Waals surface area contributed by atoms with E-state index in [1.54, 1.807) is 11.2 Å². The molecular weight excluding hydrogens is 422 g/mol. The molecule has 2 saturated heterocycles. The minimum absolute atomic E-state index is 0.0710. The standard InChI is InChI=1S/C25H23N3O3S/c29-24-23(17-19-8-10-21(11-9-19)27-12-15-30-16-13-27)32-25(26-20-5-2-1-3-6-20)28(24)18-22-7-4-14-31-22/h1-11,14,17H,12-13,15-16,18H2/b23-17+,26-25?. The van der Waals surface area contributed by atoms with Crippen molar-refractivity contribution in [2.75, 3.05) is 31.2 Å². The van der Waals surface area contributed by atoms with Gasteiger partial charge in [0.2, 0.25) is 0 Å². The van der Waals surface area contributed by atoms with Crippen LogP contribution in [-0.2, 0) is 16.1 Å². The van der Waals surface area contributed by atoms with Crippen molar-refractivity contribution in [3.8, 4) is 0 Å². The van der Waals surface area contributed by atoms with Crippen LogP contribution in [0.5, 0.6) is 0 Å². The SMILES string of the molecule is O=C1/C(=C\c2ccc(N3CCOCC3)cc2)SC(=Nc2ccccc2)N1Cc1ccco1. The molecule has 5 rings (SSSR count). The predicted molar refractivity (Wildman–Crippen MR) is 128 cm³/mol. The van der Waals surface area contributed by atoms with Gasteiger partial charge in [-0.25, -0.2) is 4.99 Å². The molecule has 2 aromatic carbocycles. The summed E-state index contributed by atoms with van der Waals surface area (Å²) < 4.78 is 10.9. The summed E-state index contributed by atoms with van der Waals surface area (Å²) >= 11 is 1.39. The largest absolute Gasteiger partial charge is 0.467 e. The number of nitrogens with zero attached hydrogens (tertiary/aromatic N) is 3. The molecule has 7 heteroatoms. The minimum Gasteiger partial charge on any atom is -0.467 e. The molecule has 6 nitrogen and oxygen atoms in total. The highest BCUT2D eigenvalue weighted by molar-refractivity contribution is 8.18. The van der Waals surface area contributed by atoms with Crippen molar-refractivity contribution in [2.45, 2.75) is 6.54 Å². The number of furan rings is 1. The average Bonchev–Trinajstić information content (AvgIpc) is 3.45. The number of benzene rings is 2. The number of aliphatic imine (C=N–C) groups is 1. The normalized spacial score (nSPS) is 19.3. The number of thioether (sulfide) groups is 1. The fraction of sp³-hybridized carbons (Fsp3) is 0.200. The van der Waals surface area contributed by atoms with Crippen LogP contribution < -0.4 is 4.90 Å². The van der Waals surface area contributed by atoms with E-state index in [0.29, 0.717) is 16.6 Å². The molecule has 3 aromatic rings. The van der Waals surface area contributed by atoms with Gasteiger partial charge in [0.25, 0.3) is 5.91 Å². The molecule has 162 valence electrons. The molecule has 0 bridgehead atoms. The number of morpholine rings is 1. The number of hydrogen-bond acceptors (Lipinski definition) is 6. The Morgan fingerprint density at radius 2 is 1.75 bits per heavy atom. The third-order valence-electron chi connectivity index (χ3n) is 5.33. The molecule has 32 heavy (non-hydrogen) atoms. The van der Waals surface area contributed by atoms with Gasteiger partial charge in [0.15, 0.2) is 5.17 Å². The summed E-state index contributed by atoms with van der Waals surface area (Å²) in [5.41, 5.74) is 2.96. The van der Waals surface area contributed by atoms with Crippen molar-refractivity contribution in [2.24, 2.45) is 4.99 Å². The minimum atomic E-state index is -0.0710. The van der Waals surface area contributed by atoms with Crippen LogP contribution in [-0.4, -0.2) is 42.3 Å². The lowest BCUT2D eigenvalue weighted by molar-refractivity contribution is -0.122. The summed E-state index contributed by atoms with van der Waals surface area (Å²) in [6.45, 7) is 3.65. The van der Waals surface area contributed by atoms with E-state index in [2.05, 4.69) is 29.2 Å². The van der Waals surface area contributed by atoms with E-state index in [0.717, 1.165) is 43.3 Å². The lowest BCUT2D eigenvalue weighted by atomic mass is 10.1. The molecule has 0 aliphatic carbocycles. The number of para-hydroxylation sites is 1. The van der Waals surface area contributed by atoms with Crippen LogP contribution in [0.3, 0.4) is 0 Å². The summed E-state index contributed by atoms with van der Waals surface area (Å²) in [5, 5.41) is 0.647. The molecule has 0 unspecified atom stereocenters. The van der Waals surface area contributed by atoms with E-state index in [-0.39, 0.29) is 5.91 Å². The van der Waals surface area contributed by atoms with Crippen LogP contribution in [0.4, 0.5) is 11.4 Å². The van der Waals surface area contributed by atoms with E-state index in [1.165, 1.54) is 17.4 Å². The summed E-state index contributed by atoms with van der Waals surface area (Å²) in [7, 11) is 0. The zero-order valence-electron chi connectivity index (χ0n) is 17.5. The fourth-order valence-corrected chi connectivity index (χ4v) is 4.65. The van der Waals surface area contributed by atoms with Gasteiger partial charge < -0.3 is 14.1 Å². The Kier molecular flexibility index (Phi) is 6.09. The number of hydrogen-bond donors (Lipinski definition) is 0. The Labute approximate surface area is 191 Å². The van der Waals surface area contributed by atoms with E-state index >= 15 is 0 Å². The second kappa shape index (κ2) is 9.46. The van der Waals surface area contributed by atoms with E-state index in [4.69, 9.17) is 14.1 Å². The zero-order valence-corrected chi connectivity index (χ0v) is 18.3. The van der Waals surface area contributed by atoms with Gasteiger partial charge in [0, 0.05) is 18.8 Å². The zero-order chi connectivity index (χ0) is 21.8. The van der Waals surface area contributed by atoms with Gasteiger partial charge in [-0.2, -0.15) is 0 Å². The molecule has 0 radical (unpaired) electrons. The van der Waals surface area contributed by atoms with Crippen LogP contribution in [0.1, 0.15) is 11.3 Å². The van der Waals surface area contributed by atoms with Gasteiger partial charge in [-0.05, 0) is 59.8 Å². The molecule has 1 amide bonds. The maximum atomic E-state index is 13.2. The second-order valence-corrected chi connectivity index (χ2v) is 8.51. The third-order valence-corrected chi connectivity index (χ3v) is 6.34. The number of amides is 1. The summed E-state index contributed by atoms with van der Waals surface area (Å²) in [6, 6.07) is 21.7. The van der Waals surface area contributed by atoms with Gasteiger partial charge in [0.1, 0.15) is 5.76 Å². The average molecular weight is 446 g/mol. The van der Waals surface area contributed by atoms with Gasteiger partial charge in [-0.3, -0.25) is 9.69 Å². The Bertz CT molecular complexity index is 1120. The van der Waals surface area contributed by atoms with Gasteiger partial charge in [-0.15, -0.1) is 0 Å². The maximum Gasteiger partial charge on any atom is 0.267 e. The van der Waals surface area contributed by atoms with Crippen molar-refractivity contribution in [1.29, 1.82) is 0 Å². The van der Waals surface area contributed by atoms with E-state index in [9.17, 15) is 4.79 Å². The number of carbonyl (C=O) groups is 1. The maximum absolute atomic E-state index is 13.2. The Morgan fingerprint density at radius 1 is 0.969 bits per heavy atom. The Balaban J connectivity index is 1.40. The van der Waals surface area contributed by atoms with Crippen molar-refractivity contribution in [3.05, 3.63) is 89.2 Å². The number of rotatable bonds is 5. The van der Waals surface area contributed by atoms with Crippen molar-refractivity contribution in [1.82, 2.24) is 4.90 Å². The van der Waals surface area contributed by atoms with Crippen molar-refractivity contribution in [3.63, 3.8) is 0 Å². The van der Waals surface area contributed by atoms with Crippen LogP contribution in [0.2, 0.25) is 0 Å². The first-order valence-corrected chi connectivity index (χ1v) is 11.4. The van der Waals surface area contributed by atoms with Gasteiger partial charge in [-0.1, -0.05) is 30.3 Å². The molecule has 1 aromatic heterocycles. The smallest absolute Gasteiger partial charge is 0.267 e. The van der Waals surface area contributed by atoms with Crippen molar-refractivity contribution < 1.29 is 13.9 Å². The third kappa shape index (κ3) is 4.64. The Morgan fingerprint density at radius 3 is 2.47 bits per heavy atom. The van der Waals surface area contributed by atoms with Gasteiger partial charge in [0.05, 0.1) is 36.6 Å². The molecule has 0 atom stereocenters. The van der Waals surface area contributed by atoms with E-state index in [1.807, 2.05) is 48.5 Å². The first-order valence-electron chi connectivity index (χ1n) is 10.6. The number of ether oxygens (including phenoxy) is 1. The molecule has 3 heterocycles. The molecule has 0 N–H and O–H groups in total. The topological polar surface area (TPSA) is 58.3 Å². The second-order valence-electron chi connectivity index (χ2n) is 7.50. The lowest BCUT2D eigenvalue weighted by Crippen LogP contribution is -2.36. The predicted octanol–water partition coefficient (Wildman–Crippen LogP) is 4.92. The van der Waals surface area contributed by atoms with Crippen molar-refractivity contribution >= 4 is 40.3 Å². The summed E-state index contributed by atoms with van der Waals surface area (Å²) in [6.07, 6.45) is 3.54. The van der Waals surface area contributed by atoms with Crippen LogP contribution in [0, 0.1) is 0 Å². The van der Waals surface area contributed by atoms with Crippen LogP contribution in [0.15, 0.2) is 87.3 Å². The quantitative estimate of drug-likeness (QED) is 0.522. The molecule has 2 fully saturated rings. The highest BCUT2D eigenvalue weighted by atomic mass is 32.2. The monoisotopic (exact) mass is 445 g/mol. The highest BCUT2D eigenvalue weighted by Gasteiger charge is 2.34.